The van der Waals surface area contributed by atoms with E-state index in [4.69, 9.17) is 0 Å². The van der Waals surface area contributed by atoms with Crippen LogP contribution in [0.25, 0.3) is 6.08 Å². The van der Waals surface area contributed by atoms with Gasteiger partial charge in [0.05, 0.1) is 5.75 Å². The molecule has 2 aromatic carbocycles. The molecule has 0 aliphatic heterocycles. The lowest BCUT2D eigenvalue weighted by atomic mass is 10.1. The van der Waals surface area contributed by atoms with Crippen molar-refractivity contribution < 1.29 is 9.59 Å². The van der Waals surface area contributed by atoms with Gasteiger partial charge in [0.25, 0.3) is 5.91 Å². The number of thioether (sulfide) groups is 1. The van der Waals surface area contributed by atoms with E-state index in [0.29, 0.717) is 0 Å². The normalized spacial score (nSPS) is 10.7. The van der Waals surface area contributed by atoms with E-state index in [1.165, 1.54) is 23.4 Å². The van der Waals surface area contributed by atoms with E-state index in [1.807, 2.05) is 56.3 Å². The number of nitrogens with one attached hydrogen (secondary N) is 2. The van der Waals surface area contributed by atoms with Gasteiger partial charge in [0.15, 0.2) is 0 Å². The Bertz CT molecular complexity index is 789. The van der Waals surface area contributed by atoms with E-state index in [-0.39, 0.29) is 17.6 Å². The molecule has 0 saturated heterocycles. The second-order valence-corrected chi connectivity index (χ2v) is 7.40. The van der Waals surface area contributed by atoms with Gasteiger partial charge in [-0.25, -0.2) is 0 Å². The second kappa shape index (κ2) is 9.44. The highest BCUT2D eigenvalue weighted by atomic mass is 79.9. The van der Waals surface area contributed by atoms with Crippen molar-refractivity contribution in [1.82, 2.24) is 10.9 Å². The van der Waals surface area contributed by atoms with Gasteiger partial charge in [0.1, 0.15) is 0 Å². The number of amides is 2. The molecule has 2 N–H and O–H groups in total. The molecule has 130 valence electrons. The minimum absolute atomic E-state index is 0.233. The fraction of sp³-hybridized carbons (Fsp3) is 0.158. The maximum Gasteiger partial charge on any atom is 0.262 e. The summed E-state index contributed by atoms with van der Waals surface area (Å²) in [5, 5.41) is 0. The summed E-state index contributed by atoms with van der Waals surface area (Å²) in [5.74, 6) is -0.415. The summed E-state index contributed by atoms with van der Waals surface area (Å²) in [6.45, 7) is 4.01. The van der Waals surface area contributed by atoms with Gasteiger partial charge in [0.2, 0.25) is 5.91 Å². The molecule has 0 heterocycles. The maximum absolute atomic E-state index is 11.8. The summed E-state index contributed by atoms with van der Waals surface area (Å²) in [7, 11) is 0. The lowest BCUT2D eigenvalue weighted by Crippen LogP contribution is -2.41. The molecule has 6 heteroatoms. The number of hydrogen-bond acceptors (Lipinski definition) is 3. The molecule has 2 amide bonds. The molecule has 4 nitrogen and oxygen atoms in total. The van der Waals surface area contributed by atoms with Crippen LogP contribution in [-0.2, 0) is 9.59 Å². The van der Waals surface area contributed by atoms with Crippen LogP contribution in [0.1, 0.15) is 16.7 Å². The Hall–Kier alpha value is -2.05. The van der Waals surface area contributed by atoms with Crippen molar-refractivity contribution >= 4 is 45.6 Å². The highest BCUT2D eigenvalue weighted by molar-refractivity contribution is 9.10. The quantitative estimate of drug-likeness (QED) is 0.437. The number of hydrogen-bond donors (Lipinski definition) is 2. The van der Waals surface area contributed by atoms with Crippen LogP contribution in [0.3, 0.4) is 0 Å². The lowest BCUT2D eigenvalue weighted by Gasteiger charge is -2.06. The molecule has 0 aliphatic carbocycles. The van der Waals surface area contributed by atoms with E-state index in [0.717, 1.165) is 20.5 Å². The Labute approximate surface area is 160 Å². The highest BCUT2D eigenvalue weighted by Gasteiger charge is 2.04. The third-order valence-electron chi connectivity index (χ3n) is 3.29. The van der Waals surface area contributed by atoms with Gasteiger partial charge < -0.3 is 0 Å². The van der Waals surface area contributed by atoms with Gasteiger partial charge in [0, 0.05) is 15.4 Å². The predicted molar refractivity (Wildman–Crippen MR) is 106 cm³/mol. The first kappa shape index (κ1) is 19.3. The van der Waals surface area contributed by atoms with Gasteiger partial charge in [-0.1, -0.05) is 45.8 Å². The number of aryl methyl sites for hydroxylation is 2. The summed E-state index contributed by atoms with van der Waals surface area (Å²) in [4.78, 5) is 24.6. The number of carbonyl (C=O) groups is 2. The van der Waals surface area contributed by atoms with E-state index >= 15 is 0 Å². The van der Waals surface area contributed by atoms with Crippen LogP contribution in [0.4, 0.5) is 0 Å². The number of rotatable bonds is 5. The monoisotopic (exact) mass is 418 g/mol. The Balaban J connectivity index is 1.76. The zero-order valence-corrected chi connectivity index (χ0v) is 16.4. The average molecular weight is 419 g/mol. The largest absolute Gasteiger partial charge is 0.272 e. The Morgan fingerprint density at radius 1 is 1.04 bits per heavy atom. The van der Waals surface area contributed by atoms with Crippen LogP contribution in [0.15, 0.2) is 57.9 Å². The second-order valence-electron chi connectivity index (χ2n) is 5.50. The Morgan fingerprint density at radius 3 is 2.40 bits per heavy atom. The molecule has 0 atom stereocenters. The lowest BCUT2D eigenvalue weighted by molar-refractivity contribution is -0.125. The smallest absolute Gasteiger partial charge is 0.262 e. The topological polar surface area (TPSA) is 58.2 Å². The van der Waals surface area contributed by atoms with Crippen molar-refractivity contribution in [2.45, 2.75) is 18.7 Å². The molecule has 2 rings (SSSR count). The van der Waals surface area contributed by atoms with E-state index in [9.17, 15) is 9.59 Å². The van der Waals surface area contributed by atoms with Crippen LogP contribution < -0.4 is 10.9 Å². The van der Waals surface area contributed by atoms with Gasteiger partial charge in [-0.2, -0.15) is 0 Å². The zero-order valence-electron chi connectivity index (χ0n) is 14.0. The summed E-state index contributed by atoms with van der Waals surface area (Å²) in [5.41, 5.74) is 7.97. The van der Waals surface area contributed by atoms with Crippen molar-refractivity contribution in [2.24, 2.45) is 0 Å². The van der Waals surface area contributed by atoms with Gasteiger partial charge in [-0.15, -0.1) is 11.8 Å². The first-order valence-electron chi connectivity index (χ1n) is 7.66. The van der Waals surface area contributed by atoms with Crippen molar-refractivity contribution in [3.8, 4) is 0 Å². The molecule has 0 saturated carbocycles. The number of carbonyl (C=O) groups excluding carboxylic acids is 2. The minimum atomic E-state index is -0.388. The van der Waals surface area contributed by atoms with Crippen molar-refractivity contribution in [3.63, 3.8) is 0 Å². The van der Waals surface area contributed by atoms with Crippen LogP contribution >= 0.6 is 27.7 Å². The van der Waals surface area contributed by atoms with Crippen molar-refractivity contribution in [3.05, 3.63) is 69.7 Å². The summed E-state index contributed by atoms with van der Waals surface area (Å²) in [6.07, 6.45) is 3.06. The molecule has 0 aliphatic rings. The standard InChI is InChI=1S/C19H19BrN2O2S/c1-13-4-8-16(9-5-13)25-12-19(24)22-21-18(23)10-7-15-6-3-14(2)11-17(15)20/h3-11H,12H2,1-2H3,(H,21,23)(H,22,24)/b10-7+. The van der Waals surface area contributed by atoms with Crippen molar-refractivity contribution in [2.75, 3.05) is 5.75 Å². The minimum Gasteiger partial charge on any atom is -0.272 e. The SMILES string of the molecule is Cc1ccc(SCC(=O)NNC(=O)/C=C/c2ccc(C)cc2Br)cc1. The van der Waals surface area contributed by atoms with Crippen LogP contribution in [0.5, 0.6) is 0 Å². The van der Waals surface area contributed by atoms with Crippen LogP contribution in [0.2, 0.25) is 0 Å². The molecule has 2 aromatic rings. The molecule has 0 unspecified atom stereocenters. The molecular formula is C19H19BrN2O2S. The molecule has 0 radical (unpaired) electrons. The molecule has 25 heavy (non-hydrogen) atoms. The van der Waals surface area contributed by atoms with Gasteiger partial charge in [-0.05, 0) is 49.2 Å². The Kier molecular flexibility index (Phi) is 7.28. The fourth-order valence-electron chi connectivity index (χ4n) is 1.93. The molecule has 0 bridgehead atoms. The average Bonchev–Trinajstić information content (AvgIpc) is 2.58. The zero-order chi connectivity index (χ0) is 18.2. The number of benzene rings is 2. The van der Waals surface area contributed by atoms with Crippen molar-refractivity contribution in [1.29, 1.82) is 0 Å². The van der Waals surface area contributed by atoms with Crippen LogP contribution in [0, 0.1) is 13.8 Å². The summed E-state index contributed by atoms with van der Waals surface area (Å²) >= 11 is 4.87. The third kappa shape index (κ3) is 6.76. The molecule has 0 fully saturated rings. The fourth-order valence-corrected chi connectivity index (χ4v) is 3.25. The number of hydrazine groups is 1. The highest BCUT2D eigenvalue weighted by Crippen LogP contribution is 2.19. The first-order chi connectivity index (χ1) is 11.9. The van der Waals surface area contributed by atoms with Crippen LogP contribution in [-0.4, -0.2) is 17.6 Å². The van der Waals surface area contributed by atoms with E-state index in [1.54, 1.807) is 6.08 Å². The maximum atomic E-state index is 11.8. The van der Waals surface area contributed by atoms with Gasteiger partial charge in [-0.3, -0.25) is 20.4 Å². The molecular weight excluding hydrogens is 400 g/mol. The van der Waals surface area contributed by atoms with E-state index < -0.39 is 0 Å². The first-order valence-corrected chi connectivity index (χ1v) is 9.44. The summed E-state index contributed by atoms with van der Waals surface area (Å²) in [6, 6.07) is 13.8. The molecule has 0 aromatic heterocycles. The molecule has 0 spiro atoms. The predicted octanol–water partition coefficient (Wildman–Crippen LogP) is 4.02. The van der Waals surface area contributed by atoms with E-state index in [2.05, 4.69) is 26.8 Å². The third-order valence-corrected chi connectivity index (χ3v) is 4.99. The Morgan fingerprint density at radius 2 is 1.72 bits per heavy atom. The van der Waals surface area contributed by atoms with Gasteiger partial charge >= 0.3 is 0 Å². The summed E-state index contributed by atoms with van der Waals surface area (Å²) < 4.78 is 0.912. The number of halogens is 1.